The Morgan fingerprint density at radius 3 is 2.88 bits per heavy atom. The van der Waals surface area contributed by atoms with Gasteiger partial charge in [-0.15, -0.1) is 0 Å². The molecule has 17 heavy (non-hydrogen) atoms. The van der Waals surface area contributed by atoms with Gasteiger partial charge in [0, 0.05) is 25.3 Å². The first-order valence-electron chi connectivity index (χ1n) is 6.70. The quantitative estimate of drug-likeness (QED) is 0.863. The lowest BCUT2D eigenvalue weighted by Crippen LogP contribution is -2.20. The number of rotatable bonds is 4. The van der Waals surface area contributed by atoms with E-state index >= 15 is 0 Å². The second-order valence-electron chi connectivity index (χ2n) is 5.64. The molecule has 2 fully saturated rings. The summed E-state index contributed by atoms with van der Waals surface area (Å²) in [5.41, 5.74) is 1.13. The summed E-state index contributed by atoms with van der Waals surface area (Å²) in [5.74, 6) is 1.87. The molecular formula is C13H22N4. The molecule has 94 valence electrons. The first-order chi connectivity index (χ1) is 8.22. The van der Waals surface area contributed by atoms with Crippen molar-refractivity contribution in [3.8, 4) is 0 Å². The fraction of sp³-hybridized carbons (Fsp3) is 0.769. The van der Waals surface area contributed by atoms with Crippen LogP contribution in [0.25, 0.3) is 0 Å². The van der Waals surface area contributed by atoms with E-state index in [-0.39, 0.29) is 0 Å². The molecule has 1 aromatic rings. The predicted molar refractivity (Wildman–Crippen MR) is 69.3 cm³/mol. The van der Waals surface area contributed by atoms with E-state index in [1.165, 1.54) is 32.4 Å². The summed E-state index contributed by atoms with van der Waals surface area (Å²) in [4.78, 5) is 7.00. The number of nitrogens with zero attached hydrogens (tertiary/aromatic N) is 3. The standard InChI is InChI=1S/C13H22N4/c1-10-8-17(12-3-4-12)13(15-10)14-7-11-5-6-16(2)9-11/h8,11-12H,3-7,9H2,1-2H3,(H,14,15). The van der Waals surface area contributed by atoms with Crippen LogP contribution in [0.5, 0.6) is 0 Å². The van der Waals surface area contributed by atoms with Crippen LogP contribution in [-0.2, 0) is 0 Å². The number of likely N-dealkylation sites (tertiary alicyclic amines) is 1. The summed E-state index contributed by atoms with van der Waals surface area (Å²) < 4.78 is 2.33. The molecule has 1 aliphatic heterocycles. The molecule has 1 unspecified atom stereocenters. The number of nitrogens with one attached hydrogen (secondary N) is 1. The lowest BCUT2D eigenvalue weighted by atomic mass is 10.1. The molecule has 1 aliphatic carbocycles. The summed E-state index contributed by atoms with van der Waals surface area (Å²) in [7, 11) is 2.20. The van der Waals surface area contributed by atoms with Crippen LogP contribution in [0.15, 0.2) is 6.20 Å². The van der Waals surface area contributed by atoms with Crippen LogP contribution < -0.4 is 5.32 Å². The fourth-order valence-corrected chi connectivity index (χ4v) is 2.71. The van der Waals surface area contributed by atoms with E-state index in [1.54, 1.807) is 0 Å². The lowest BCUT2D eigenvalue weighted by molar-refractivity contribution is 0.399. The molecule has 2 aliphatic rings. The van der Waals surface area contributed by atoms with Crippen LogP contribution in [-0.4, -0.2) is 41.1 Å². The number of hydrogen-bond donors (Lipinski definition) is 1. The Hall–Kier alpha value is -1.03. The van der Waals surface area contributed by atoms with Crippen LogP contribution in [0.1, 0.15) is 31.0 Å². The number of anilines is 1. The molecular weight excluding hydrogens is 212 g/mol. The third-order valence-electron chi connectivity index (χ3n) is 3.83. The highest BCUT2D eigenvalue weighted by Crippen LogP contribution is 2.37. The lowest BCUT2D eigenvalue weighted by Gasteiger charge is -2.13. The highest BCUT2D eigenvalue weighted by molar-refractivity contribution is 5.30. The zero-order valence-corrected chi connectivity index (χ0v) is 10.8. The van der Waals surface area contributed by atoms with Gasteiger partial charge in [-0.1, -0.05) is 0 Å². The Balaban J connectivity index is 1.60. The molecule has 1 aromatic heterocycles. The van der Waals surface area contributed by atoms with Gasteiger partial charge in [-0.25, -0.2) is 4.98 Å². The normalized spacial score (nSPS) is 25.4. The van der Waals surface area contributed by atoms with Crippen molar-refractivity contribution in [2.45, 2.75) is 32.2 Å². The Kier molecular flexibility index (Phi) is 2.82. The maximum atomic E-state index is 4.59. The second kappa shape index (κ2) is 4.33. The van der Waals surface area contributed by atoms with Gasteiger partial charge in [0.05, 0.1) is 5.69 Å². The van der Waals surface area contributed by atoms with Crippen LogP contribution in [0.2, 0.25) is 0 Å². The molecule has 4 nitrogen and oxygen atoms in total. The van der Waals surface area contributed by atoms with Gasteiger partial charge in [-0.3, -0.25) is 0 Å². The molecule has 0 bridgehead atoms. The molecule has 0 aromatic carbocycles. The SMILES string of the molecule is Cc1cn(C2CC2)c(NCC2CCN(C)C2)n1. The van der Waals surface area contributed by atoms with Crippen LogP contribution in [0, 0.1) is 12.8 Å². The maximum Gasteiger partial charge on any atom is 0.203 e. The van der Waals surface area contributed by atoms with Crippen molar-refractivity contribution in [3.63, 3.8) is 0 Å². The molecule has 0 radical (unpaired) electrons. The first kappa shape index (κ1) is 11.1. The third-order valence-corrected chi connectivity index (χ3v) is 3.83. The summed E-state index contributed by atoms with van der Waals surface area (Å²) in [5, 5.41) is 3.54. The van der Waals surface area contributed by atoms with Gasteiger partial charge in [-0.2, -0.15) is 0 Å². The molecule has 0 amide bonds. The minimum atomic E-state index is 0.713. The van der Waals surface area contributed by atoms with Crippen molar-refractivity contribution in [1.29, 1.82) is 0 Å². The van der Waals surface area contributed by atoms with Gasteiger partial charge in [0.25, 0.3) is 0 Å². The van der Waals surface area contributed by atoms with Gasteiger partial charge in [0.1, 0.15) is 0 Å². The van der Waals surface area contributed by atoms with Crippen molar-refractivity contribution in [1.82, 2.24) is 14.5 Å². The third kappa shape index (κ3) is 2.46. The van der Waals surface area contributed by atoms with Gasteiger partial charge >= 0.3 is 0 Å². The highest BCUT2D eigenvalue weighted by atomic mass is 15.2. The van der Waals surface area contributed by atoms with Gasteiger partial charge < -0.3 is 14.8 Å². The molecule has 1 N–H and O–H groups in total. The largest absolute Gasteiger partial charge is 0.355 e. The van der Waals surface area contributed by atoms with Crippen molar-refractivity contribution in [3.05, 3.63) is 11.9 Å². The minimum Gasteiger partial charge on any atom is -0.355 e. The monoisotopic (exact) mass is 234 g/mol. The van der Waals surface area contributed by atoms with Crippen molar-refractivity contribution in [2.75, 3.05) is 32.0 Å². The van der Waals surface area contributed by atoms with E-state index in [4.69, 9.17) is 0 Å². The van der Waals surface area contributed by atoms with Crippen LogP contribution in [0.3, 0.4) is 0 Å². The van der Waals surface area contributed by atoms with Gasteiger partial charge in [0.2, 0.25) is 5.95 Å². The Labute approximate surface area is 103 Å². The first-order valence-corrected chi connectivity index (χ1v) is 6.70. The summed E-state index contributed by atoms with van der Waals surface area (Å²) in [6.07, 6.45) is 6.13. The van der Waals surface area contributed by atoms with Gasteiger partial charge in [-0.05, 0) is 45.7 Å². The average molecular weight is 234 g/mol. The zero-order chi connectivity index (χ0) is 11.8. The zero-order valence-electron chi connectivity index (χ0n) is 10.8. The molecule has 1 saturated carbocycles. The van der Waals surface area contributed by atoms with Crippen molar-refractivity contribution in [2.24, 2.45) is 5.92 Å². The number of aromatic nitrogens is 2. The topological polar surface area (TPSA) is 33.1 Å². The Morgan fingerprint density at radius 1 is 1.41 bits per heavy atom. The van der Waals surface area contributed by atoms with E-state index < -0.39 is 0 Å². The second-order valence-corrected chi connectivity index (χ2v) is 5.64. The molecule has 4 heteroatoms. The van der Waals surface area contributed by atoms with Crippen molar-refractivity contribution >= 4 is 5.95 Å². The summed E-state index contributed by atoms with van der Waals surface area (Å²) >= 11 is 0. The minimum absolute atomic E-state index is 0.713. The Morgan fingerprint density at radius 2 is 2.24 bits per heavy atom. The van der Waals surface area contributed by atoms with E-state index in [0.717, 1.165) is 24.1 Å². The summed E-state index contributed by atoms with van der Waals surface area (Å²) in [6.45, 7) is 5.60. The number of hydrogen-bond acceptors (Lipinski definition) is 3. The van der Waals surface area contributed by atoms with E-state index in [1.807, 2.05) is 0 Å². The van der Waals surface area contributed by atoms with E-state index in [2.05, 4.69) is 39.9 Å². The van der Waals surface area contributed by atoms with Gasteiger partial charge in [0.15, 0.2) is 0 Å². The predicted octanol–water partition coefficient (Wildman–Crippen LogP) is 1.89. The summed E-state index contributed by atoms with van der Waals surface area (Å²) in [6, 6.07) is 0.713. The molecule has 2 heterocycles. The molecule has 0 spiro atoms. The van der Waals surface area contributed by atoms with E-state index in [9.17, 15) is 0 Å². The average Bonchev–Trinajstić information content (AvgIpc) is 2.95. The van der Waals surface area contributed by atoms with E-state index in [0.29, 0.717) is 6.04 Å². The number of aryl methyl sites for hydroxylation is 1. The molecule has 1 saturated heterocycles. The highest BCUT2D eigenvalue weighted by Gasteiger charge is 2.27. The van der Waals surface area contributed by atoms with Crippen LogP contribution >= 0.6 is 0 Å². The Bertz CT molecular complexity index is 394. The number of imidazole rings is 1. The van der Waals surface area contributed by atoms with Crippen LogP contribution in [0.4, 0.5) is 5.95 Å². The maximum absolute atomic E-state index is 4.59. The smallest absolute Gasteiger partial charge is 0.203 e. The van der Waals surface area contributed by atoms with Crippen molar-refractivity contribution < 1.29 is 0 Å². The molecule has 3 rings (SSSR count). The molecule has 1 atom stereocenters. The fourth-order valence-electron chi connectivity index (χ4n) is 2.71.